The molecule has 1 atom stereocenters. The first-order valence-corrected chi connectivity index (χ1v) is 13.6. The number of hydrogen-bond acceptors (Lipinski definition) is 5. The minimum atomic E-state index is -0.491. The number of amides is 1. The van der Waals surface area contributed by atoms with Gasteiger partial charge in [-0.2, -0.15) is 0 Å². The van der Waals surface area contributed by atoms with Gasteiger partial charge in [0.25, 0.3) is 0 Å². The Morgan fingerprint density at radius 3 is 2.31 bits per heavy atom. The summed E-state index contributed by atoms with van der Waals surface area (Å²) in [5.74, 6) is 0.354. The molecule has 0 radical (unpaired) electrons. The molecule has 1 aliphatic heterocycles. The molecule has 1 aliphatic rings. The van der Waals surface area contributed by atoms with Crippen molar-refractivity contribution in [1.82, 2.24) is 9.47 Å². The summed E-state index contributed by atoms with van der Waals surface area (Å²) in [7, 11) is 1.69. The van der Waals surface area contributed by atoms with E-state index in [9.17, 15) is 14.8 Å². The van der Waals surface area contributed by atoms with Gasteiger partial charge in [-0.3, -0.25) is 4.79 Å². The predicted octanol–water partition coefficient (Wildman–Crippen LogP) is 6.21. The van der Waals surface area contributed by atoms with Crippen LogP contribution in [0.1, 0.15) is 79.7 Å². The second kappa shape index (κ2) is 11.9. The Balaban J connectivity index is 1.54. The highest BCUT2D eigenvalue weighted by Gasteiger charge is 2.28. The average Bonchev–Trinajstić information content (AvgIpc) is 2.91. The molecule has 2 aromatic carbocycles. The number of aryl methyl sites for hydroxylation is 2. The Morgan fingerprint density at radius 1 is 1.05 bits per heavy atom. The largest absolute Gasteiger partial charge is 0.444 e. The third-order valence-corrected chi connectivity index (χ3v) is 7.46. The first-order chi connectivity index (χ1) is 18.6. The molecule has 1 saturated heterocycles. The summed E-state index contributed by atoms with van der Waals surface area (Å²) in [4.78, 5) is 26.1. The Morgan fingerprint density at radius 2 is 1.72 bits per heavy atom. The van der Waals surface area contributed by atoms with Crippen molar-refractivity contribution in [2.75, 3.05) is 13.1 Å². The molecule has 3 aromatic rings. The number of rotatable bonds is 6. The second-order valence-corrected chi connectivity index (χ2v) is 11.4. The van der Waals surface area contributed by atoms with Gasteiger partial charge >= 0.3 is 6.09 Å². The van der Waals surface area contributed by atoms with Crippen LogP contribution in [0, 0.1) is 6.92 Å². The van der Waals surface area contributed by atoms with E-state index in [0.717, 1.165) is 18.4 Å². The van der Waals surface area contributed by atoms with Crippen molar-refractivity contribution in [3.63, 3.8) is 0 Å². The van der Waals surface area contributed by atoms with Crippen LogP contribution in [0.4, 0.5) is 4.79 Å². The second-order valence-electron chi connectivity index (χ2n) is 11.4. The number of likely N-dealkylation sites (tertiary alicyclic amines) is 1. The smallest absolute Gasteiger partial charge is 0.410 e. The number of benzene rings is 2. The van der Waals surface area contributed by atoms with Crippen LogP contribution in [0.3, 0.4) is 0 Å². The van der Waals surface area contributed by atoms with Gasteiger partial charge in [0.2, 0.25) is 5.56 Å². The molecule has 4 rings (SSSR count). The van der Waals surface area contributed by atoms with E-state index in [1.807, 2.05) is 32.9 Å². The third-order valence-electron chi connectivity index (χ3n) is 7.46. The summed E-state index contributed by atoms with van der Waals surface area (Å²) in [6.45, 7) is 9.13. The maximum Gasteiger partial charge on any atom is 0.410 e. The van der Waals surface area contributed by atoms with Crippen molar-refractivity contribution in [2.45, 2.75) is 64.4 Å². The molecule has 0 spiro atoms. The lowest BCUT2D eigenvalue weighted by Gasteiger charge is -2.33. The van der Waals surface area contributed by atoms with Crippen molar-refractivity contribution >= 4 is 11.8 Å². The van der Waals surface area contributed by atoms with E-state index in [-0.39, 0.29) is 17.6 Å². The van der Waals surface area contributed by atoms with Crippen molar-refractivity contribution in [3.05, 3.63) is 105 Å². The number of pyridine rings is 1. The molecule has 2 heterocycles. The fraction of sp³-hybridized carbons (Fsp3) is 0.406. The monoisotopic (exact) mass is 529 g/mol. The molecule has 1 N–H and O–H groups in total. The maximum absolute atomic E-state index is 12.4. The van der Waals surface area contributed by atoms with E-state index in [0.29, 0.717) is 36.7 Å². The molecule has 0 bridgehead atoms. The van der Waals surface area contributed by atoms with Crippen LogP contribution in [-0.2, 0) is 11.8 Å². The van der Waals surface area contributed by atoms with Gasteiger partial charge in [0, 0.05) is 50.3 Å². The van der Waals surface area contributed by atoms with Crippen molar-refractivity contribution in [2.24, 2.45) is 12.2 Å². The molecule has 1 amide bonds. The zero-order valence-corrected chi connectivity index (χ0v) is 23.6. The quantitative estimate of drug-likeness (QED) is 0.234. The fourth-order valence-electron chi connectivity index (χ4n) is 5.28. The molecule has 1 fully saturated rings. The van der Waals surface area contributed by atoms with Crippen molar-refractivity contribution in [1.29, 1.82) is 0 Å². The van der Waals surface area contributed by atoms with Gasteiger partial charge in [-0.15, -0.1) is 0 Å². The molecule has 0 unspecified atom stereocenters. The van der Waals surface area contributed by atoms with Crippen LogP contribution in [0.2, 0.25) is 0 Å². The van der Waals surface area contributed by atoms with Gasteiger partial charge in [-0.1, -0.05) is 53.7 Å². The van der Waals surface area contributed by atoms with E-state index in [1.54, 1.807) is 24.2 Å². The number of oxime groups is 1. The fourth-order valence-corrected chi connectivity index (χ4v) is 5.28. The molecule has 1 aromatic heterocycles. The van der Waals surface area contributed by atoms with Gasteiger partial charge in [0.05, 0.1) is 5.71 Å². The van der Waals surface area contributed by atoms with E-state index < -0.39 is 5.60 Å². The number of hydrogen-bond donors (Lipinski definition) is 1. The number of ether oxygens (including phenoxy) is 1. The Hall–Kier alpha value is -3.87. The van der Waals surface area contributed by atoms with Gasteiger partial charge in [0.1, 0.15) is 5.60 Å². The van der Waals surface area contributed by atoms with Crippen LogP contribution in [0.15, 0.2) is 76.8 Å². The highest BCUT2D eigenvalue weighted by Crippen LogP contribution is 2.34. The van der Waals surface area contributed by atoms with Crippen LogP contribution in [0.5, 0.6) is 0 Å². The normalized spacial score (nSPS) is 15.7. The first kappa shape index (κ1) is 28.1. The summed E-state index contributed by atoms with van der Waals surface area (Å²) in [6, 6.07) is 20.2. The Labute approximate surface area is 230 Å². The number of aromatic nitrogens is 1. The Kier molecular flexibility index (Phi) is 8.58. The zero-order valence-electron chi connectivity index (χ0n) is 23.6. The SMILES string of the molecule is Cc1ccccc1[C@H](C/C(=N/O)c1ccc(=O)n(C)c1)c1ccc(C2CCN(C(=O)OC(C)(C)C)CC2)cc1. The van der Waals surface area contributed by atoms with Crippen LogP contribution in [-0.4, -0.2) is 45.2 Å². The summed E-state index contributed by atoms with van der Waals surface area (Å²) >= 11 is 0. The van der Waals surface area contributed by atoms with E-state index in [4.69, 9.17) is 4.74 Å². The van der Waals surface area contributed by atoms with Gasteiger partial charge in [-0.05, 0) is 74.8 Å². The number of piperidine rings is 1. The number of carbonyl (C=O) groups excluding carboxylic acids is 1. The lowest BCUT2D eigenvalue weighted by Crippen LogP contribution is -2.41. The lowest BCUT2D eigenvalue weighted by molar-refractivity contribution is 0.0205. The molecule has 0 aliphatic carbocycles. The first-order valence-electron chi connectivity index (χ1n) is 13.6. The van der Waals surface area contributed by atoms with E-state index in [1.165, 1.54) is 27.3 Å². The van der Waals surface area contributed by atoms with Gasteiger partial charge in [0.15, 0.2) is 0 Å². The van der Waals surface area contributed by atoms with Crippen LogP contribution < -0.4 is 5.56 Å². The molecular formula is C32H39N3O4. The Bertz CT molecular complexity index is 1380. The van der Waals surface area contributed by atoms with Crippen molar-refractivity contribution < 1.29 is 14.7 Å². The summed E-state index contributed by atoms with van der Waals surface area (Å²) in [5, 5.41) is 13.6. The number of carbonyl (C=O) groups is 1. The zero-order chi connectivity index (χ0) is 28.2. The third kappa shape index (κ3) is 6.96. The standard InChI is InChI=1S/C32H39N3O4/c1-22-8-6-7-9-27(22)28(20-29(33-38)26-14-15-30(36)34(5)21-26)25-12-10-23(11-13-25)24-16-18-35(19-17-24)31(37)39-32(2,3)4/h6-15,21,24,28,38H,16-20H2,1-5H3/b33-29-/t28-/m1/s1. The summed E-state index contributed by atoms with van der Waals surface area (Å²) in [5.41, 5.74) is 5.36. The van der Waals surface area contributed by atoms with Gasteiger partial charge in [-0.25, -0.2) is 4.79 Å². The van der Waals surface area contributed by atoms with E-state index >= 15 is 0 Å². The predicted molar refractivity (Wildman–Crippen MR) is 154 cm³/mol. The highest BCUT2D eigenvalue weighted by molar-refractivity contribution is 6.00. The maximum atomic E-state index is 12.4. The minimum absolute atomic E-state index is 0.0302. The minimum Gasteiger partial charge on any atom is -0.444 e. The van der Waals surface area contributed by atoms with Crippen LogP contribution >= 0.6 is 0 Å². The molecular weight excluding hydrogens is 490 g/mol. The van der Waals surface area contributed by atoms with Crippen molar-refractivity contribution in [3.8, 4) is 0 Å². The molecule has 206 valence electrons. The molecule has 39 heavy (non-hydrogen) atoms. The average molecular weight is 530 g/mol. The van der Waals surface area contributed by atoms with Gasteiger partial charge < -0.3 is 19.4 Å². The molecule has 7 heteroatoms. The molecule has 7 nitrogen and oxygen atoms in total. The lowest BCUT2D eigenvalue weighted by atomic mass is 9.82. The number of nitrogens with zero attached hydrogens (tertiary/aromatic N) is 3. The topological polar surface area (TPSA) is 84.1 Å². The summed E-state index contributed by atoms with van der Waals surface area (Å²) in [6.07, 6.45) is 3.74. The van der Waals surface area contributed by atoms with Crippen LogP contribution in [0.25, 0.3) is 0 Å². The highest BCUT2D eigenvalue weighted by atomic mass is 16.6. The summed E-state index contributed by atoms with van der Waals surface area (Å²) < 4.78 is 7.03. The van der Waals surface area contributed by atoms with E-state index in [2.05, 4.69) is 48.5 Å². The molecule has 0 saturated carbocycles.